The average molecular weight is 345 g/mol. The molecule has 2 rings (SSSR count). The highest BCUT2D eigenvalue weighted by atomic mass is 19.4. The summed E-state index contributed by atoms with van der Waals surface area (Å²) in [5, 5.41) is 11.5. The Hall–Kier alpha value is -2.32. The predicted octanol–water partition coefficient (Wildman–Crippen LogP) is 2.15. The van der Waals surface area contributed by atoms with Crippen LogP contribution in [0.15, 0.2) is 18.3 Å². The van der Waals surface area contributed by atoms with Gasteiger partial charge in [0.15, 0.2) is 0 Å². The normalized spacial score (nSPS) is 16.0. The SMILES string of the molecule is O=C(O)C1CCN(C(=O)NCCc2cc(C(F)(F)F)ccn2)CC1. The first kappa shape index (κ1) is 18.0. The van der Waals surface area contributed by atoms with Gasteiger partial charge in [-0.15, -0.1) is 0 Å². The van der Waals surface area contributed by atoms with E-state index in [4.69, 9.17) is 5.11 Å². The number of likely N-dealkylation sites (tertiary alicyclic amines) is 1. The van der Waals surface area contributed by atoms with Gasteiger partial charge < -0.3 is 15.3 Å². The summed E-state index contributed by atoms with van der Waals surface area (Å²) in [6, 6.07) is 1.52. The smallest absolute Gasteiger partial charge is 0.416 e. The van der Waals surface area contributed by atoms with Gasteiger partial charge in [-0.05, 0) is 25.0 Å². The zero-order chi connectivity index (χ0) is 17.7. The largest absolute Gasteiger partial charge is 0.481 e. The van der Waals surface area contributed by atoms with Gasteiger partial charge in [-0.2, -0.15) is 13.2 Å². The van der Waals surface area contributed by atoms with E-state index < -0.39 is 23.6 Å². The summed E-state index contributed by atoms with van der Waals surface area (Å²) in [7, 11) is 0. The molecule has 1 saturated heterocycles. The molecular formula is C15H18F3N3O3. The van der Waals surface area contributed by atoms with Crippen molar-refractivity contribution in [3.05, 3.63) is 29.6 Å². The number of pyridine rings is 1. The lowest BCUT2D eigenvalue weighted by molar-refractivity contribution is -0.143. The number of hydrogen-bond donors (Lipinski definition) is 2. The molecule has 1 aliphatic heterocycles. The number of alkyl halides is 3. The average Bonchev–Trinajstić information content (AvgIpc) is 2.54. The molecule has 2 amide bonds. The molecule has 2 heterocycles. The Labute approximate surface area is 136 Å². The van der Waals surface area contributed by atoms with Gasteiger partial charge in [-0.25, -0.2) is 4.79 Å². The van der Waals surface area contributed by atoms with Crippen LogP contribution in [0.3, 0.4) is 0 Å². The number of carbonyl (C=O) groups excluding carboxylic acids is 1. The summed E-state index contributed by atoms with van der Waals surface area (Å²) < 4.78 is 37.8. The number of aliphatic carboxylic acids is 1. The maximum Gasteiger partial charge on any atom is 0.416 e. The number of nitrogens with zero attached hydrogens (tertiary/aromatic N) is 2. The topological polar surface area (TPSA) is 82.5 Å². The number of amides is 2. The Balaban J connectivity index is 1.78. The van der Waals surface area contributed by atoms with Crippen molar-refractivity contribution in [3.63, 3.8) is 0 Å². The lowest BCUT2D eigenvalue weighted by atomic mass is 9.97. The van der Waals surface area contributed by atoms with Crippen LogP contribution in [0, 0.1) is 5.92 Å². The van der Waals surface area contributed by atoms with Crippen LogP contribution in [0.4, 0.5) is 18.0 Å². The van der Waals surface area contributed by atoms with Crippen LogP contribution in [0.25, 0.3) is 0 Å². The van der Waals surface area contributed by atoms with Crippen molar-refractivity contribution in [3.8, 4) is 0 Å². The predicted molar refractivity (Wildman–Crippen MR) is 78.3 cm³/mol. The number of aromatic nitrogens is 1. The Morgan fingerprint density at radius 3 is 2.58 bits per heavy atom. The van der Waals surface area contributed by atoms with Gasteiger partial charge in [0.05, 0.1) is 11.5 Å². The summed E-state index contributed by atoms with van der Waals surface area (Å²) >= 11 is 0. The van der Waals surface area contributed by atoms with Crippen LogP contribution < -0.4 is 5.32 Å². The van der Waals surface area contributed by atoms with Crippen LogP contribution in [0.5, 0.6) is 0 Å². The number of halogens is 3. The van der Waals surface area contributed by atoms with Gasteiger partial charge in [0, 0.05) is 37.9 Å². The van der Waals surface area contributed by atoms with Crippen molar-refractivity contribution in [1.29, 1.82) is 0 Å². The Kier molecular flexibility index (Phi) is 5.63. The molecule has 1 aromatic rings. The number of carboxylic acid groups (broad SMARTS) is 1. The Morgan fingerprint density at radius 2 is 2.00 bits per heavy atom. The van der Waals surface area contributed by atoms with Crippen molar-refractivity contribution in [2.24, 2.45) is 5.92 Å². The third-order valence-electron chi connectivity index (χ3n) is 3.93. The molecule has 132 valence electrons. The molecule has 0 unspecified atom stereocenters. The highest BCUT2D eigenvalue weighted by Gasteiger charge is 2.30. The molecule has 0 radical (unpaired) electrons. The number of carboxylic acids is 1. The number of nitrogens with one attached hydrogen (secondary N) is 1. The van der Waals surface area contributed by atoms with Gasteiger partial charge in [0.2, 0.25) is 0 Å². The standard InChI is InChI=1S/C15H18F3N3O3/c16-15(17,18)11-1-5-19-12(9-11)2-6-20-14(24)21-7-3-10(4-8-21)13(22)23/h1,5,9-10H,2-4,6-8H2,(H,20,24)(H,22,23). The van der Waals surface area contributed by atoms with Crippen molar-refractivity contribution in [1.82, 2.24) is 15.2 Å². The zero-order valence-electron chi connectivity index (χ0n) is 12.8. The first-order valence-electron chi connectivity index (χ1n) is 7.55. The van der Waals surface area contributed by atoms with Crippen LogP contribution in [0.1, 0.15) is 24.1 Å². The van der Waals surface area contributed by atoms with E-state index in [1.807, 2.05) is 0 Å². The second-order valence-electron chi connectivity index (χ2n) is 5.62. The molecule has 24 heavy (non-hydrogen) atoms. The van der Waals surface area contributed by atoms with Gasteiger partial charge in [0.1, 0.15) is 0 Å². The molecule has 0 saturated carbocycles. The fourth-order valence-electron chi connectivity index (χ4n) is 2.53. The number of carbonyl (C=O) groups is 2. The number of hydrogen-bond acceptors (Lipinski definition) is 3. The lowest BCUT2D eigenvalue weighted by Gasteiger charge is -2.30. The van der Waals surface area contributed by atoms with E-state index in [1.54, 1.807) is 0 Å². The van der Waals surface area contributed by atoms with E-state index in [0.717, 1.165) is 18.3 Å². The molecule has 9 heteroatoms. The van der Waals surface area contributed by atoms with Crippen LogP contribution in [0.2, 0.25) is 0 Å². The molecule has 2 N–H and O–H groups in total. The summed E-state index contributed by atoms with van der Waals surface area (Å²) in [5.74, 6) is -1.28. The van der Waals surface area contributed by atoms with Gasteiger partial charge >= 0.3 is 18.2 Å². The Bertz CT molecular complexity index is 599. The van der Waals surface area contributed by atoms with Gasteiger partial charge in [0.25, 0.3) is 0 Å². The fraction of sp³-hybridized carbons (Fsp3) is 0.533. The van der Waals surface area contributed by atoms with Crippen molar-refractivity contribution < 1.29 is 27.9 Å². The number of rotatable bonds is 4. The molecule has 1 aromatic heterocycles. The third kappa shape index (κ3) is 4.84. The van der Waals surface area contributed by atoms with Crippen molar-refractivity contribution in [2.75, 3.05) is 19.6 Å². The summed E-state index contributed by atoms with van der Waals surface area (Å²) in [4.78, 5) is 28.2. The molecule has 0 aromatic carbocycles. The number of piperidine rings is 1. The summed E-state index contributed by atoms with van der Waals surface area (Å²) in [5.41, 5.74) is -0.524. The maximum atomic E-state index is 12.6. The Morgan fingerprint density at radius 1 is 1.33 bits per heavy atom. The maximum absolute atomic E-state index is 12.6. The van der Waals surface area contributed by atoms with Gasteiger partial charge in [-0.1, -0.05) is 0 Å². The van der Waals surface area contributed by atoms with E-state index in [2.05, 4.69) is 10.3 Å². The van der Waals surface area contributed by atoms with Crippen LogP contribution >= 0.6 is 0 Å². The molecule has 1 fully saturated rings. The summed E-state index contributed by atoms with van der Waals surface area (Å²) in [6.45, 7) is 0.862. The monoisotopic (exact) mass is 345 g/mol. The highest BCUT2D eigenvalue weighted by molar-refractivity contribution is 5.75. The third-order valence-corrected chi connectivity index (χ3v) is 3.93. The zero-order valence-corrected chi connectivity index (χ0v) is 12.8. The van der Waals surface area contributed by atoms with Crippen LogP contribution in [-0.2, 0) is 17.4 Å². The van der Waals surface area contributed by atoms with E-state index in [9.17, 15) is 22.8 Å². The highest BCUT2D eigenvalue weighted by Crippen LogP contribution is 2.29. The lowest BCUT2D eigenvalue weighted by Crippen LogP contribution is -2.45. The first-order valence-corrected chi connectivity index (χ1v) is 7.55. The second kappa shape index (κ2) is 7.50. The molecule has 1 aliphatic rings. The van der Waals surface area contributed by atoms with E-state index in [0.29, 0.717) is 25.9 Å². The van der Waals surface area contributed by atoms with E-state index in [-0.39, 0.29) is 24.7 Å². The minimum atomic E-state index is -4.42. The molecule has 6 nitrogen and oxygen atoms in total. The molecule has 0 aliphatic carbocycles. The molecule has 0 spiro atoms. The van der Waals surface area contributed by atoms with E-state index >= 15 is 0 Å². The first-order chi connectivity index (χ1) is 11.3. The quantitative estimate of drug-likeness (QED) is 0.876. The summed E-state index contributed by atoms with van der Waals surface area (Å²) in [6.07, 6.45) is -2.34. The minimum Gasteiger partial charge on any atom is -0.481 e. The minimum absolute atomic E-state index is 0.159. The fourth-order valence-corrected chi connectivity index (χ4v) is 2.53. The van der Waals surface area contributed by atoms with Crippen molar-refractivity contribution >= 4 is 12.0 Å². The molecular weight excluding hydrogens is 327 g/mol. The molecule has 0 atom stereocenters. The number of urea groups is 1. The van der Waals surface area contributed by atoms with Gasteiger partial charge in [-0.3, -0.25) is 9.78 Å². The van der Waals surface area contributed by atoms with Crippen molar-refractivity contribution in [2.45, 2.75) is 25.4 Å². The second-order valence-corrected chi connectivity index (χ2v) is 5.62. The van der Waals surface area contributed by atoms with Crippen LogP contribution in [-0.4, -0.2) is 46.6 Å². The van der Waals surface area contributed by atoms with E-state index in [1.165, 1.54) is 4.90 Å². The molecule has 0 bridgehead atoms.